The van der Waals surface area contributed by atoms with Crippen molar-refractivity contribution in [2.75, 3.05) is 6.26 Å². The molecule has 0 saturated heterocycles. The van der Waals surface area contributed by atoms with E-state index >= 15 is 0 Å². The molecule has 0 radical (unpaired) electrons. The zero-order valence-electron chi connectivity index (χ0n) is 9.98. The first-order valence-electron chi connectivity index (χ1n) is 6.17. The Morgan fingerprint density at radius 2 is 2.19 bits per heavy atom. The van der Waals surface area contributed by atoms with Crippen LogP contribution in [0.4, 0.5) is 0 Å². The van der Waals surface area contributed by atoms with Crippen molar-refractivity contribution in [1.29, 1.82) is 0 Å². The Morgan fingerprint density at radius 1 is 1.44 bits per heavy atom. The molecule has 0 aliphatic heterocycles. The third-order valence-electron chi connectivity index (χ3n) is 4.04. The van der Waals surface area contributed by atoms with Crippen molar-refractivity contribution >= 4 is 17.7 Å². The third kappa shape index (κ3) is 2.09. The molecule has 5 atom stereocenters. The van der Waals surface area contributed by atoms with E-state index in [1.165, 1.54) is 0 Å². The average molecular weight is 243 g/mol. The summed E-state index contributed by atoms with van der Waals surface area (Å²) in [5.41, 5.74) is 0. The third-order valence-corrected chi connectivity index (χ3v) is 5.12. The average Bonchev–Trinajstić information content (AvgIpc) is 2.48. The number of rotatable bonds is 4. The summed E-state index contributed by atoms with van der Waals surface area (Å²) >= 11 is 1.76. The normalized spacial score (nSPS) is 41.3. The Balaban J connectivity index is 1.83. The van der Waals surface area contributed by atoms with Crippen LogP contribution in [0.3, 0.4) is 0 Å². The molecule has 0 aromatic heterocycles. The van der Waals surface area contributed by atoms with Gasteiger partial charge in [-0.25, -0.2) is 0 Å². The molecule has 3 nitrogen and oxygen atoms in total. The summed E-state index contributed by atoms with van der Waals surface area (Å²) in [6, 6.07) is 0.329. The molecule has 0 spiro atoms. The molecule has 2 N–H and O–H groups in total. The summed E-state index contributed by atoms with van der Waals surface area (Å²) in [5, 5.41) is 13.5. The van der Waals surface area contributed by atoms with Gasteiger partial charge in [0.1, 0.15) is 0 Å². The molecule has 16 heavy (non-hydrogen) atoms. The molecule has 0 heterocycles. The summed E-state index contributed by atoms with van der Waals surface area (Å²) in [6.45, 7) is 2.02. The molecule has 2 fully saturated rings. The van der Waals surface area contributed by atoms with E-state index < -0.39 is 0 Å². The molecule has 0 aromatic carbocycles. The first-order valence-corrected chi connectivity index (χ1v) is 7.46. The lowest BCUT2D eigenvalue weighted by Gasteiger charge is -2.41. The molecule has 2 saturated carbocycles. The maximum atomic E-state index is 11.5. The Labute approximate surface area is 101 Å². The van der Waals surface area contributed by atoms with Gasteiger partial charge in [-0.3, -0.25) is 4.79 Å². The highest BCUT2D eigenvalue weighted by Crippen LogP contribution is 2.50. The Morgan fingerprint density at radius 3 is 2.81 bits per heavy atom. The molecular formula is C12H21NO2S. The van der Waals surface area contributed by atoms with Crippen molar-refractivity contribution in [3.63, 3.8) is 0 Å². The highest BCUT2D eigenvalue weighted by atomic mass is 32.2. The highest BCUT2D eigenvalue weighted by Gasteiger charge is 2.53. The smallest absolute Gasteiger partial charge is 0.220 e. The van der Waals surface area contributed by atoms with Crippen molar-refractivity contribution in [2.24, 2.45) is 11.8 Å². The summed E-state index contributed by atoms with van der Waals surface area (Å²) in [7, 11) is 0. The SMILES string of the molecule is CCCC(=O)N[C@@H]1C[C@@H]2[C@@H](O)[C@H](SC)C[C@@H]21. The number of carbonyl (C=O) groups excluding carboxylic acids is 1. The van der Waals surface area contributed by atoms with Crippen LogP contribution in [0, 0.1) is 11.8 Å². The second-order valence-electron chi connectivity index (χ2n) is 4.99. The Kier molecular flexibility index (Phi) is 3.80. The lowest BCUT2D eigenvalue weighted by atomic mass is 9.71. The molecule has 2 rings (SSSR count). The van der Waals surface area contributed by atoms with E-state index in [9.17, 15) is 9.90 Å². The van der Waals surface area contributed by atoms with Gasteiger partial charge < -0.3 is 10.4 Å². The number of hydrogen-bond acceptors (Lipinski definition) is 3. The number of aliphatic hydroxyl groups excluding tert-OH is 1. The fourth-order valence-corrected chi connectivity index (χ4v) is 3.96. The van der Waals surface area contributed by atoms with Gasteiger partial charge in [0.25, 0.3) is 0 Å². The van der Waals surface area contributed by atoms with Gasteiger partial charge >= 0.3 is 0 Å². The maximum Gasteiger partial charge on any atom is 0.220 e. The van der Waals surface area contributed by atoms with E-state index in [0.717, 1.165) is 19.3 Å². The van der Waals surface area contributed by atoms with Crippen LogP contribution in [0.2, 0.25) is 0 Å². The van der Waals surface area contributed by atoms with Gasteiger partial charge in [-0.15, -0.1) is 0 Å². The standard InChI is InChI=1S/C12H21NO2S/c1-3-4-11(14)13-9-5-8-7(9)6-10(16-2)12(8)15/h7-10,12,15H,3-6H2,1-2H3,(H,13,14)/t7-,8-,9+,10+,12+/m0/s1. The van der Waals surface area contributed by atoms with Gasteiger partial charge in [0, 0.05) is 17.7 Å². The lowest BCUT2D eigenvalue weighted by molar-refractivity contribution is -0.123. The monoisotopic (exact) mass is 243 g/mol. The first kappa shape index (κ1) is 12.2. The van der Waals surface area contributed by atoms with E-state index in [1.54, 1.807) is 11.8 Å². The van der Waals surface area contributed by atoms with E-state index in [-0.39, 0.29) is 12.0 Å². The summed E-state index contributed by atoms with van der Waals surface area (Å²) in [6.07, 6.45) is 5.47. The second-order valence-corrected chi connectivity index (χ2v) is 6.06. The van der Waals surface area contributed by atoms with Gasteiger partial charge in [0.05, 0.1) is 6.10 Å². The van der Waals surface area contributed by atoms with Crippen LogP contribution in [-0.2, 0) is 4.79 Å². The lowest BCUT2D eigenvalue weighted by Crippen LogP contribution is -2.52. The van der Waals surface area contributed by atoms with E-state index in [4.69, 9.17) is 0 Å². The number of amides is 1. The van der Waals surface area contributed by atoms with Gasteiger partial charge in [-0.05, 0) is 37.4 Å². The minimum absolute atomic E-state index is 0.153. The molecule has 0 unspecified atom stereocenters. The fourth-order valence-electron chi connectivity index (χ4n) is 3.07. The molecule has 92 valence electrons. The van der Waals surface area contributed by atoms with Crippen LogP contribution >= 0.6 is 11.8 Å². The van der Waals surface area contributed by atoms with Crippen molar-refractivity contribution in [1.82, 2.24) is 5.32 Å². The molecule has 0 bridgehead atoms. The number of aliphatic hydroxyl groups is 1. The molecule has 2 aliphatic rings. The van der Waals surface area contributed by atoms with Crippen molar-refractivity contribution in [3.05, 3.63) is 0 Å². The van der Waals surface area contributed by atoms with Gasteiger partial charge in [0.15, 0.2) is 0 Å². The predicted molar refractivity (Wildman–Crippen MR) is 66.4 cm³/mol. The topological polar surface area (TPSA) is 49.3 Å². The summed E-state index contributed by atoms with van der Waals surface area (Å²) in [4.78, 5) is 11.5. The highest BCUT2D eigenvalue weighted by molar-refractivity contribution is 7.99. The van der Waals surface area contributed by atoms with Crippen LogP contribution in [0.15, 0.2) is 0 Å². The summed E-state index contributed by atoms with van der Waals surface area (Å²) in [5.74, 6) is 1.13. The predicted octanol–water partition coefficient (Wildman–Crippen LogP) is 1.40. The maximum absolute atomic E-state index is 11.5. The van der Waals surface area contributed by atoms with Crippen LogP contribution in [0.5, 0.6) is 0 Å². The van der Waals surface area contributed by atoms with Crippen molar-refractivity contribution < 1.29 is 9.90 Å². The van der Waals surface area contributed by atoms with Gasteiger partial charge in [-0.1, -0.05) is 6.92 Å². The Bertz CT molecular complexity index is 272. The zero-order valence-corrected chi connectivity index (χ0v) is 10.8. The molecule has 1 amide bonds. The number of carbonyl (C=O) groups is 1. The molecule has 4 heteroatoms. The second kappa shape index (κ2) is 4.96. The largest absolute Gasteiger partial charge is 0.392 e. The first-order chi connectivity index (χ1) is 7.67. The minimum Gasteiger partial charge on any atom is -0.392 e. The molecule has 2 aliphatic carbocycles. The van der Waals surface area contributed by atoms with Crippen molar-refractivity contribution in [3.8, 4) is 0 Å². The Hall–Kier alpha value is -0.220. The van der Waals surface area contributed by atoms with E-state index in [0.29, 0.717) is 29.5 Å². The zero-order chi connectivity index (χ0) is 11.7. The number of thioether (sulfide) groups is 1. The quantitative estimate of drug-likeness (QED) is 0.785. The van der Waals surface area contributed by atoms with Crippen LogP contribution < -0.4 is 5.32 Å². The number of nitrogens with one attached hydrogen (secondary N) is 1. The molecule has 0 aromatic rings. The minimum atomic E-state index is -0.153. The van der Waals surface area contributed by atoms with E-state index in [1.807, 2.05) is 6.92 Å². The van der Waals surface area contributed by atoms with Crippen LogP contribution in [0.25, 0.3) is 0 Å². The molecular weight excluding hydrogens is 222 g/mol. The van der Waals surface area contributed by atoms with Crippen molar-refractivity contribution in [2.45, 2.75) is 50.0 Å². The summed E-state index contributed by atoms with van der Waals surface area (Å²) < 4.78 is 0. The van der Waals surface area contributed by atoms with Gasteiger partial charge in [-0.2, -0.15) is 11.8 Å². The van der Waals surface area contributed by atoms with Crippen LogP contribution in [0.1, 0.15) is 32.6 Å². The number of hydrogen-bond donors (Lipinski definition) is 2. The fraction of sp³-hybridized carbons (Fsp3) is 0.917. The number of fused-ring (bicyclic) bond motifs is 1. The van der Waals surface area contributed by atoms with Crippen LogP contribution in [-0.4, -0.2) is 34.7 Å². The van der Waals surface area contributed by atoms with E-state index in [2.05, 4.69) is 11.6 Å². The van der Waals surface area contributed by atoms with Gasteiger partial charge in [0.2, 0.25) is 5.91 Å².